The second-order valence-electron chi connectivity index (χ2n) is 19.9. The summed E-state index contributed by atoms with van der Waals surface area (Å²) in [5.41, 5.74) is 29.9. The lowest BCUT2D eigenvalue weighted by Gasteiger charge is -2.29. The van der Waals surface area contributed by atoms with Crippen molar-refractivity contribution in [1.29, 1.82) is 0 Å². The number of nitrogens with two attached hydrogens (primary N) is 5. The number of para-hydroxylation sites is 1. The molecule has 5 rings (SSSR count). The Morgan fingerprint density at radius 2 is 1.24 bits per heavy atom. The number of primary amides is 1. The van der Waals surface area contributed by atoms with Gasteiger partial charge in [-0.25, -0.2) is 4.79 Å². The molecule has 33 heteroatoms. The Kier molecular flexibility index (Phi) is 27.2. The Morgan fingerprint density at radius 1 is 0.686 bits per heavy atom. The molecule has 31 nitrogen and oxygen atoms in total. The molecule has 8 atom stereocenters. The van der Waals surface area contributed by atoms with E-state index < -0.39 is 126 Å². The molecule has 86 heavy (non-hydrogen) atoms. The van der Waals surface area contributed by atoms with Crippen molar-refractivity contribution >= 4 is 116 Å². The SMILES string of the molecule is CN=CNCC[C@@H]1NC(=O)[C@H](CCCC(=O)O)NC(=O)[C@@H](NC(=O)[C@H](CCCN=C(N)N)N2C(=O)CNC2=O)CSSC[C@@H](C(N)=O)NC(=O)[C@H](Cc2c[nH]c3ccccc23)NC(=O)[C@H](CCCN=C(N)N)NC(=O)[C@@H](Cc2ccccc2)NC1=O. The van der Waals surface area contributed by atoms with Gasteiger partial charge in [0.05, 0.1) is 12.9 Å². The number of H-pyrrole nitrogens is 1. The highest BCUT2D eigenvalue weighted by molar-refractivity contribution is 8.76. The number of fused-ring (bicyclic) bond motifs is 1. The lowest BCUT2D eigenvalue weighted by molar-refractivity contribution is -0.138. The Labute approximate surface area is 502 Å². The molecule has 2 saturated heterocycles. The average Bonchev–Trinajstić information content (AvgIpc) is 3.30. The van der Waals surface area contributed by atoms with Crippen molar-refractivity contribution in [3.8, 4) is 0 Å². The van der Waals surface area contributed by atoms with Gasteiger partial charge in [0.25, 0.3) is 5.91 Å². The van der Waals surface area contributed by atoms with Crippen LogP contribution in [0.4, 0.5) is 4.79 Å². The summed E-state index contributed by atoms with van der Waals surface area (Å²) in [7, 11) is 3.31. The number of aliphatic carboxylic acids is 1. The molecule has 3 heterocycles. The maximum Gasteiger partial charge on any atom is 0.325 e. The van der Waals surface area contributed by atoms with Gasteiger partial charge < -0.3 is 86.6 Å². The molecule has 1 aromatic heterocycles. The van der Waals surface area contributed by atoms with Gasteiger partial charge in [0.1, 0.15) is 48.3 Å². The van der Waals surface area contributed by atoms with Crippen LogP contribution in [-0.4, -0.2) is 191 Å². The van der Waals surface area contributed by atoms with Crippen LogP contribution in [-0.2, 0) is 60.8 Å². The number of amides is 11. The summed E-state index contributed by atoms with van der Waals surface area (Å²) >= 11 is 0. The number of carbonyl (C=O) groups excluding carboxylic acids is 10. The molecule has 2 fully saturated rings. The summed E-state index contributed by atoms with van der Waals surface area (Å²) in [5.74, 6) is -10.6. The minimum atomic E-state index is -1.63. The molecule has 0 unspecified atom stereocenters. The number of nitrogens with one attached hydrogen (secondary N) is 10. The van der Waals surface area contributed by atoms with E-state index in [0.717, 1.165) is 21.6 Å². The predicted molar refractivity (Wildman–Crippen MR) is 322 cm³/mol. The highest BCUT2D eigenvalue weighted by atomic mass is 33.1. The van der Waals surface area contributed by atoms with Gasteiger partial charge in [0.2, 0.25) is 47.3 Å². The van der Waals surface area contributed by atoms with Gasteiger partial charge in [-0.15, -0.1) is 0 Å². The molecule has 0 radical (unpaired) electrons. The standard InChI is InChI=1S/C53H75N19O12S2/c1-59-28-60-21-18-35-46(79)68-36(22-29-10-3-2-4-11-29)47(80)65-34(15-8-19-61-51(55)56)45(78)69-37(23-30-24-63-32-13-6-5-12-31(30)32)48(81)70-38(43(54)76)26-85-86-27-39(49(82)66-33(44(77)67-35)14-7-17-42(74)75)71-50(83)40(16-9-20-62-52(57)58)72-41(73)25-64-53(72)84/h2-6,10-13,24,28,33-40,63H,7-9,14-23,25-27H2,1H3,(H2,54,76)(H,59,60)(H,64,84)(H,65,80)(H,66,82)(H,67,77)(H,68,79)(H,69,78)(H,70,81)(H,71,83)(H,74,75)(H4,55,56,61)(H4,57,58,62)/t33-,34-,35-,36+,37-,38-,39-,40-/m0/s1. The molecule has 0 aliphatic carbocycles. The van der Waals surface area contributed by atoms with Crippen LogP contribution in [0.5, 0.6) is 0 Å². The highest BCUT2D eigenvalue weighted by Crippen LogP contribution is 2.25. The van der Waals surface area contributed by atoms with E-state index in [0.29, 0.717) is 26.9 Å². The third-order valence-corrected chi connectivity index (χ3v) is 15.9. The monoisotopic (exact) mass is 1230 g/mol. The number of aromatic nitrogens is 1. The Bertz CT molecular complexity index is 2960. The van der Waals surface area contributed by atoms with Gasteiger partial charge in [0.15, 0.2) is 11.9 Å². The van der Waals surface area contributed by atoms with Gasteiger partial charge in [-0.05, 0) is 62.1 Å². The number of carboxylic acids is 1. The molecule has 2 aliphatic rings. The fourth-order valence-electron chi connectivity index (χ4n) is 9.07. The molecule has 0 saturated carbocycles. The van der Waals surface area contributed by atoms with Gasteiger partial charge in [-0.1, -0.05) is 70.1 Å². The van der Waals surface area contributed by atoms with E-state index in [9.17, 15) is 57.8 Å². The number of carbonyl (C=O) groups is 11. The van der Waals surface area contributed by atoms with Gasteiger partial charge >= 0.3 is 12.0 Å². The van der Waals surface area contributed by atoms with Crippen LogP contribution >= 0.6 is 21.6 Å². The Morgan fingerprint density at radius 3 is 1.86 bits per heavy atom. The zero-order valence-electron chi connectivity index (χ0n) is 47.2. The highest BCUT2D eigenvalue weighted by Gasteiger charge is 2.41. The predicted octanol–water partition coefficient (Wildman–Crippen LogP) is -3.85. The Balaban J connectivity index is 1.61. The number of nitrogens with zero attached hydrogens (tertiary/aromatic N) is 4. The van der Waals surface area contributed by atoms with Gasteiger partial charge in [-0.2, -0.15) is 0 Å². The van der Waals surface area contributed by atoms with E-state index in [2.05, 4.69) is 67.8 Å². The van der Waals surface area contributed by atoms with Crippen molar-refractivity contribution in [2.45, 2.75) is 113 Å². The zero-order chi connectivity index (χ0) is 62.7. The molecule has 11 amide bonds. The fraction of sp³-hybridized carbons (Fsp3) is 0.472. The average molecular weight is 1230 g/mol. The molecular formula is C53H75N19O12S2. The Hall–Kier alpha value is -9.14. The maximum absolute atomic E-state index is 14.8. The van der Waals surface area contributed by atoms with E-state index >= 15 is 0 Å². The van der Waals surface area contributed by atoms with Crippen LogP contribution in [0.15, 0.2) is 75.8 Å². The molecule has 0 bridgehead atoms. The first-order chi connectivity index (χ1) is 41.1. The van der Waals surface area contributed by atoms with Crippen LogP contribution in [0.2, 0.25) is 0 Å². The smallest absolute Gasteiger partial charge is 0.325 e. The molecule has 2 aromatic carbocycles. The number of imide groups is 1. The largest absolute Gasteiger partial charge is 0.481 e. The first-order valence-corrected chi connectivity index (χ1v) is 30.0. The van der Waals surface area contributed by atoms with Crippen molar-refractivity contribution in [3.63, 3.8) is 0 Å². The molecule has 466 valence electrons. The number of aliphatic imine (C=N–C) groups is 3. The second kappa shape index (κ2) is 34.6. The fourth-order valence-corrected chi connectivity index (χ4v) is 11.4. The lowest BCUT2D eigenvalue weighted by atomic mass is 10.0. The summed E-state index contributed by atoms with van der Waals surface area (Å²) in [6.45, 7) is -0.419. The maximum atomic E-state index is 14.8. The first kappa shape index (κ1) is 67.6. The first-order valence-electron chi connectivity index (χ1n) is 27.5. The number of hydrogen-bond donors (Lipinski definition) is 16. The number of rotatable bonds is 24. The zero-order valence-corrected chi connectivity index (χ0v) is 48.8. The second-order valence-corrected chi connectivity index (χ2v) is 22.5. The van der Waals surface area contributed by atoms with Crippen molar-refractivity contribution in [2.24, 2.45) is 43.6 Å². The topological polar surface area (TPSA) is 502 Å². The molecule has 21 N–H and O–H groups in total. The summed E-state index contributed by atoms with van der Waals surface area (Å²) in [6, 6.07) is 2.78. The van der Waals surface area contributed by atoms with Crippen molar-refractivity contribution in [2.75, 3.05) is 44.7 Å². The minimum Gasteiger partial charge on any atom is -0.481 e. The van der Waals surface area contributed by atoms with E-state index in [1.54, 1.807) is 60.8 Å². The summed E-state index contributed by atoms with van der Waals surface area (Å²) in [5, 5.41) is 34.2. The minimum absolute atomic E-state index is 0.0108. The van der Waals surface area contributed by atoms with Crippen LogP contribution in [0.25, 0.3) is 10.9 Å². The van der Waals surface area contributed by atoms with Crippen molar-refractivity contribution in [1.82, 2.24) is 57.7 Å². The van der Waals surface area contributed by atoms with Crippen LogP contribution in [0.3, 0.4) is 0 Å². The van der Waals surface area contributed by atoms with Gasteiger partial charge in [-0.3, -0.25) is 67.8 Å². The number of benzene rings is 2. The number of guanidine groups is 2. The van der Waals surface area contributed by atoms with Gasteiger partial charge in [0, 0.05) is 74.5 Å². The number of urea groups is 1. The quantitative estimate of drug-likeness (QED) is 0.0134. The third kappa shape index (κ3) is 21.8. The third-order valence-electron chi connectivity index (χ3n) is 13.4. The number of hydrogen-bond acceptors (Lipinski definition) is 16. The van der Waals surface area contributed by atoms with E-state index in [1.807, 2.05) is 0 Å². The lowest BCUT2D eigenvalue weighted by Crippen LogP contribution is -2.61. The number of aromatic amines is 1. The molecule has 0 spiro atoms. The molecule has 2 aliphatic heterocycles. The van der Waals surface area contributed by atoms with E-state index in [4.69, 9.17) is 28.7 Å². The summed E-state index contributed by atoms with van der Waals surface area (Å²) in [6.07, 6.45) is 1.43. The number of carboxylic acid groups (broad SMARTS) is 1. The van der Waals surface area contributed by atoms with Crippen LogP contribution < -0.4 is 76.5 Å². The molecule has 3 aromatic rings. The summed E-state index contributed by atoms with van der Waals surface area (Å²) in [4.78, 5) is 169. The van der Waals surface area contributed by atoms with Crippen LogP contribution in [0.1, 0.15) is 62.5 Å². The van der Waals surface area contributed by atoms with E-state index in [-0.39, 0.29) is 101 Å². The summed E-state index contributed by atoms with van der Waals surface area (Å²) < 4.78 is 0. The van der Waals surface area contributed by atoms with Crippen molar-refractivity contribution in [3.05, 3.63) is 71.9 Å². The molecular weight excluding hydrogens is 1160 g/mol. The van der Waals surface area contributed by atoms with Crippen LogP contribution in [0, 0.1) is 0 Å². The van der Waals surface area contributed by atoms with E-state index in [1.165, 1.54) is 13.4 Å². The normalized spacial score (nSPS) is 21.8. The van der Waals surface area contributed by atoms with Crippen molar-refractivity contribution < 1.29 is 57.8 Å².